The van der Waals surface area contributed by atoms with Crippen molar-refractivity contribution in [2.45, 2.75) is 25.2 Å². The number of benzene rings is 1. The topological polar surface area (TPSA) is 95.2 Å². The fourth-order valence-corrected chi connectivity index (χ4v) is 4.05. The zero-order valence-electron chi connectivity index (χ0n) is 12.7. The van der Waals surface area contributed by atoms with E-state index in [-0.39, 0.29) is 17.5 Å². The largest absolute Gasteiger partial charge is 0.305 e. The number of hydrogen-bond donors (Lipinski definition) is 1. The van der Waals surface area contributed by atoms with Gasteiger partial charge in [-0.05, 0) is 36.3 Å². The van der Waals surface area contributed by atoms with Crippen LogP contribution >= 0.6 is 0 Å². The Morgan fingerprint density at radius 2 is 1.78 bits per heavy atom. The molecule has 0 unspecified atom stereocenters. The van der Waals surface area contributed by atoms with E-state index < -0.39 is 11.3 Å². The van der Waals surface area contributed by atoms with E-state index >= 15 is 0 Å². The molecule has 4 heteroatoms. The molecule has 0 bridgehead atoms. The highest BCUT2D eigenvalue weighted by Gasteiger charge is 2.56. The van der Waals surface area contributed by atoms with Crippen LogP contribution in [0.3, 0.4) is 0 Å². The monoisotopic (exact) mass is 300 g/mol. The molecule has 1 aromatic carbocycles. The van der Waals surface area contributed by atoms with Gasteiger partial charge in [0, 0.05) is 5.92 Å². The first-order valence-corrected chi connectivity index (χ1v) is 7.75. The van der Waals surface area contributed by atoms with Gasteiger partial charge < -0.3 is 5.41 Å². The predicted molar refractivity (Wildman–Crippen MR) is 85.1 cm³/mol. The van der Waals surface area contributed by atoms with Crippen LogP contribution in [-0.2, 0) is 0 Å². The molecule has 0 aliphatic heterocycles. The molecular weight excluding hydrogens is 284 g/mol. The third-order valence-electron chi connectivity index (χ3n) is 5.08. The molecule has 4 nitrogen and oxygen atoms in total. The van der Waals surface area contributed by atoms with Gasteiger partial charge in [0.05, 0.1) is 23.9 Å². The Kier molecular flexibility index (Phi) is 3.73. The summed E-state index contributed by atoms with van der Waals surface area (Å²) in [7, 11) is 0. The van der Waals surface area contributed by atoms with Crippen LogP contribution in [0.4, 0.5) is 0 Å². The highest BCUT2D eigenvalue weighted by atomic mass is 14.6. The Balaban J connectivity index is 2.26. The van der Waals surface area contributed by atoms with E-state index in [1.165, 1.54) is 0 Å². The van der Waals surface area contributed by atoms with Gasteiger partial charge in [-0.15, -0.1) is 0 Å². The number of fused-ring (bicyclic) bond motifs is 1. The Morgan fingerprint density at radius 1 is 1.09 bits per heavy atom. The quantitative estimate of drug-likeness (QED) is 0.801. The molecule has 0 spiro atoms. The van der Waals surface area contributed by atoms with E-state index in [4.69, 9.17) is 5.41 Å². The van der Waals surface area contributed by atoms with Crippen LogP contribution in [0.25, 0.3) is 0 Å². The molecule has 3 rings (SSSR count). The van der Waals surface area contributed by atoms with Crippen LogP contribution in [0.2, 0.25) is 0 Å². The van der Waals surface area contributed by atoms with Crippen LogP contribution in [0.15, 0.2) is 42.0 Å². The smallest absolute Gasteiger partial charge is 0.189 e. The van der Waals surface area contributed by atoms with Gasteiger partial charge in [0.2, 0.25) is 0 Å². The van der Waals surface area contributed by atoms with Gasteiger partial charge >= 0.3 is 0 Å². The summed E-state index contributed by atoms with van der Waals surface area (Å²) < 4.78 is 0. The fraction of sp³-hybridized carbons (Fsp3) is 0.368. The Labute approximate surface area is 135 Å². The number of nitrogens with one attached hydrogen (secondary N) is 1. The van der Waals surface area contributed by atoms with Crippen molar-refractivity contribution in [3.8, 4) is 18.2 Å². The maximum atomic E-state index is 9.81. The molecule has 0 heterocycles. The molecule has 0 aromatic heterocycles. The second-order valence-corrected chi connectivity index (χ2v) is 6.14. The standard InChI is InChI=1S/C19H16N4/c20-10-16-14-8-4-5-9-15(14)17(13-6-2-1-3-7-13)19(11-21,12-22)18(16)23/h1-3,6-8,15-17,23H,4-5,9H2/t15-,16-,17+/m0/s1. The molecule has 1 aromatic rings. The van der Waals surface area contributed by atoms with Crippen molar-refractivity contribution in [1.82, 2.24) is 0 Å². The van der Waals surface area contributed by atoms with Crippen molar-refractivity contribution in [2.75, 3.05) is 0 Å². The molecule has 3 atom stereocenters. The second-order valence-electron chi connectivity index (χ2n) is 6.14. The Bertz CT molecular complexity index is 771. The lowest BCUT2D eigenvalue weighted by Crippen LogP contribution is -2.48. The van der Waals surface area contributed by atoms with Crippen molar-refractivity contribution in [3.63, 3.8) is 0 Å². The van der Waals surface area contributed by atoms with Gasteiger partial charge in [-0.2, -0.15) is 15.8 Å². The molecule has 112 valence electrons. The number of nitriles is 3. The van der Waals surface area contributed by atoms with Gasteiger partial charge in [-0.3, -0.25) is 0 Å². The molecule has 0 amide bonds. The number of rotatable bonds is 1. The number of nitrogens with zero attached hydrogens (tertiary/aromatic N) is 3. The van der Waals surface area contributed by atoms with Gasteiger partial charge in [0.15, 0.2) is 5.41 Å². The summed E-state index contributed by atoms with van der Waals surface area (Å²) >= 11 is 0. The Hall–Kier alpha value is -2.90. The average Bonchev–Trinajstić information content (AvgIpc) is 2.61. The molecule has 0 saturated heterocycles. The zero-order chi connectivity index (χ0) is 16.4. The summed E-state index contributed by atoms with van der Waals surface area (Å²) in [5.41, 5.74) is 0.192. The summed E-state index contributed by atoms with van der Waals surface area (Å²) in [5, 5.41) is 37.6. The van der Waals surface area contributed by atoms with Crippen LogP contribution in [0.5, 0.6) is 0 Å². The lowest BCUT2D eigenvalue weighted by atomic mass is 9.53. The maximum absolute atomic E-state index is 9.81. The van der Waals surface area contributed by atoms with E-state index in [9.17, 15) is 15.8 Å². The lowest BCUT2D eigenvalue weighted by Gasteiger charge is -2.45. The molecule has 1 saturated carbocycles. The SMILES string of the molecule is N#C[C@@H]1C(=N)C(C#N)(C#N)[C@H](c2ccccc2)[C@H]2CCCC=C12. The average molecular weight is 300 g/mol. The van der Waals surface area contributed by atoms with Crippen LogP contribution in [-0.4, -0.2) is 5.71 Å². The molecule has 1 N–H and O–H groups in total. The van der Waals surface area contributed by atoms with E-state index in [2.05, 4.69) is 18.2 Å². The van der Waals surface area contributed by atoms with Gasteiger partial charge in [0.25, 0.3) is 0 Å². The molecule has 23 heavy (non-hydrogen) atoms. The van der Waals surface area contributed by atoms with Crippen molar-refractivity contribution in [3.05, 3.63) is 47.5 Å². The van der Waals surface area contributed by atoms with Crippen LogP contribution in [0.1, 0.15) is 30.7 Å². The summed E-state index contributed by atoms with van der Waals surface area (Å²) in [4.78, 5) is 0. The highest BCUT2D eigenvalue weighted by molar-refractivity contribution is 6.00. The van der Waals surface area contributed by atoms with Crippen molar-refractivity contribution < 1.29 is 0 Å². The first-order valence-electron chi connectivity index (χ1n) is 7.75. The number of hydrogen-bond acceptors (Lipinski definition) is 4. The molecular formula is C19H16N4. The van der Waals surface area contributed by atoms with E-state index in [1.807, 2.05) is 36.4 Å². The third-order valence-corrected chi connectivity index (χ3v) is 5.08. The first-order chi connectivity index (χ1) is 11.2. The molecule has 1 fully saturated rings. The maximum Gasteiger partial charge on any atom is 0.189 e. The van der Waals surface area contributed by atoms with Crippen LogP contribution < -0.4 is 0 Å². The van der Waals surface area contributed by atoms with Crippen molar-refractivity contribution >= 4 is 5.71 Å². The molecule has 2 aliphatic carbocycles. The van der Waals surface area contributed by atoms with Gasteiger partial charge in [-0.25, -0.2) is 0 Å². The highest BCUT2D eigenvalue weighted by Crippen LogP contribution is 2.54. The minimum absolute atomic E-state index is 0.0239. The normalized spacial score (nSPS) is 28.5. The van der Waals surface area contributed by atoms with E-state index in [0.717, 1.165) is 30.4 Å². The first kappa shape index (κ1) is 15.0. The van der Waals surface area contributed by atoms with Gasteiger partial charge in [-0.1, -0.05) is 36.4 Å². The third kappa shape index (κ3) is 2.06. The number of allylic oxidation sites excluding steroid dienone is 2. The van der Waals surface area contributed by atoms with Crippen molar-refractivity contribution in [2.24, 2.45) is 17.3 Å². The summed E-state index contributed by atoms with van der Waals surface area (Å²) in [5.74, 6) is -1.16. The minimum atomic E-state index is -1.57. The van der Waals surface area contributed by atoms with Gasteiger partial charge in [0.1, 0.15) is 5.92 Å². The van der Waals surface area contributed by atoms with E-state index in [0.29, 0.717) is 0 Å². The summed E-state index contributed by atoms with van der Waals surface area (Å²) in [6, 6.07) is 15.9. The Morgan fingerprint density at radius 3 is 2.39 bits per heavy atom. The lowest BCUT2D eigenvalue weighted by molar-refractivity contribution is 0.320. The molecule has 0 radical (unpaired) electrons. The van der Waals surface area contributed by atoms with E-state index in [1.54, 1.807) is 0 Å². The fourth-order valence-electron chi connectivity index (χ4n) is 4.05. The van der Waals surface area contributed by atoms with Crippen molar-refractivity contribution in [1.29, 1.82) is 21.2 Å². The summed E-state index contributed by atoms with van der Waals surface area (Å²) in [6.45, 7) is 0. The summed E-state index contributed by atoms with van der Waals surface area (Å²) in [6.07, 6.45) is 4.77. The van der Waals surface area contributed by atoms with Crippen LogP contribution in [0, 0.1) is 56.7 Å². The predicted octanol–water partition coefficient (Wildman–Crippen LogP) is 3.70. The molecule has 2 aliphatic rings. The zero-order valence-corrected chi connectivity index (χ0v) is 12.7. The minimum Gasteiger partial charge on any atom is -0.305 e. The second kappa shape index (κ2) is 5.71.